The fraction of sp³-hybridized carbons (Fsp3) is 0.583. The largest absolute Gasteiger partial charge is 0.598 e. The van der Waals surface area contributed by atoms with Gasteiger partial charge in [-0.05, 0) is 42.8 Å². The molecule has 46 heavy (non-hydrogen) atoms. The van der Waals surface area contributed by atoms with Gasteiger partial charge in [-0.15, -0.1) is 0 Å². The lowest BCUT2D eigenvalue weighted by Crippen LogP contribution is -2.30. The van der Waals surface area contributed by atoms with E-state index in [2.05, 4.69) is 6.92 Å². The van der Waals surface area contributed by atoms with Crippen LogP contribution in [0.3, 0.4) is 0 Å². The number of thiazole rings is 1. The number of unbranched alkanes of at least 4 members (excludes halogenated alkanes) is 13. The van der Waals surface area contributed by atoms with Crippen molar-refractivity contribution >= 4 is 19.5 Å². The summed E-state index contributed by atoms with van der Waals surface area (Å²) in [6, 6.07) is 14.5. The van der Waals surface area contributed by atoms with Crippen molar-refractivity contribution in [3.63, 3.8) is 0 Å². The van der Waals surface area contributed by atoms with Crippen LogP contribution in [-0.4, -0.2) is 37.9 Å². The van der Waals surface area contributed by atoms with Gasteiger partial charge in [0.25, 0.3) is 0 Å². The van der Waals surface area contributed by atoms with Crippen LogP contribution in [0.4, 0.5) is 0 Å². The lowest BCUT2D eigenvalue weighted by atomic mass is 10.0. The van der Waals surface area contributed by atoms with E-state index in [-0.39, 0.29) is 19.0 Å². The first kappa shape index (κ1) is 38.2. The first-order valence-electron chi connectivity index (χ1n) is 17.0. The van der Waals surface area contributed by atoms with E-state index in [0.717, 1.165) is 17.7 Å². The third kappa shape index (κ3) is 17.1. The van der Waals surface area contributed by atoms with Gasteiger partial charge in [0.05, 0.1) is 12.0 Å². The molecule has 3 rings (SSSR count). The van der Waals surface area contributed by atoms with Gasteiger partial charge in [-0.3, -0.25) is 4.52 Å². The van der Waals surface area contributed by atoms with E-state index in [4.69, 9.17) is 23.3 Å². The zero-order chi connectivity index (χ0) is 32.7. The maximum Gasteiger partial charge on any atom is 0.426 e. The minimum Gasteiger partial charge on any atom is -0.598 e. The lowest BCUT2D eigenvalue weighted by molar-refractivity contribution is -0.683. The highest BCUT2D eigenvalue weighted by Crippen LogP contribution is 2.48. The quantitative estimate of drug-likeness (QED) is 0.0492. The summed E-state index contributed by atoms with van der Waals surface area (Å²) in [5.41, 5.74) is 2.93. The summed E-state index contributed by atoms with van der Waals surface area (Å²) in [6.07, 6.45) is 20.2. The Balaban J connectivity index is 1.22. The lowest BCUT2D eigenvalue weighted by Gasteiger charge is -2.22. The van der Waals surface area contributed by atoms with Crippen molar-refractivity contribution in [2.45, 2.75) is 109 Å². The number of rotatable bonds is 27. The Morgan fingerprint density at radius 1 is 0.783 bits per heavy atom. The van der Waals surface area contributed by atoms with Gasteiger partial charge in [-0.25, -0.2) is 0 Å². The number of nitrogens with zero attached hydrogens (tertiary/aromatic N) is 1. The fourth-order valence-corrected chi connectivity index (χ4v) is 6.48. The number of benzene rings is 2. The van der Waals surface area contributed by atoms with Crippen LogP contribution in [0.25, 0.3) is 0 Å². The number of ether oxygens (including phenoxy) is 3. The number of methoxy groups -OCH3 is 1. The second-order valence-corrected chi connectivity index (χ2v) is 13.9. The summed E-state index contributed by atoms with van der Waals surface area (Å²) in [4.78, 5) is 22.9. The molecule has 2 atom stereocenters. The molecule has 10 heteroatoms. The molecule has 1 heterocycles. The number of phosphoric acid groups is 1. The van der Waals surface area contributed by atoms with E-state index < -0.39 is 14.3 Å². The van der Waals surface area contributed by atoms with Gasteiger partial charge in [-0.1, -0.05) is 114 Å². The smallest absolute Gasteiger partial charge is 0.426 e. The molecule has 0 aliphatic rings. The maximum atomic E-state index is 12.6. The van der Waals surface area contributed by atoms with Crippen LogP contribution in [0, 0.1) is 0 Å². The summed E-state index contributed by atoms with van der Waals surface area (Å²) in [6.45, 7) is 3.59. The molecule has 0 aliphatic heterocycles. The SMILES string of the molecule is CCCCCCCCCCCCCCCCOc1ccc(OC[C@H](CO[P+]([O-])(O)Oc2cccc(C[n+]3ccsc3)c2)OC)cc1. The van der Waals surface area contributed by atoms with E-state index in [0.29, 0.717) is 18.9 Å². The van der Waals surface area contributed by atoms with Gasteiger partial charge in [0.15, 0.2) is 18.5 Å². The second-order valence-electron chi connectivity index (χ2n) is 11.8. The van der Waals surface area contributed by atoms with Crippen molar-refractivity contribution in [1.29, 1.82) is 0 Å². The third-order valence-corrected chi connectivity index (χ3v) is 9.38. The van der Waals surface area contributed by atoms with Gasteiger partial charge < -0.3 is 19.1 Å². The molecule has 0 amide bonds. The molecule has 0 aliphatic carbocycles. The minimum atomic E-state index is -4.36. The first-order valence-corrected chi connectivity index (χ1v) is 19.5. The van der Waals surface area contributed by atoms with Crippen molar-refractivity contribution in [2.24, 2.45) is 0 Å². The van der Waals surface area contributed by atoms with E-state index in [1.165, 1.54) is 90.6 Å². The molecule has 3 aromatic rings. The molecule has 0 spiro atoms. The number of hydrogen-bond acceptors (Lipinski definition) is 8. The molecule has 0 saturated carbocycles. The van der Waals surface area contributed by atoms with E-state index in [9.17, 15) is 9.79 Å². The monoisotopic (exact) mass is 676 g/mol. The highest BCUT2D eigenvalue weighted by atomic mass is 32.1. The standard InChI is InChI=1S/C36H54NO7PS/c1-3-4-5-6-7-8-9-10-11-12-13-14-15-16-25-41-33-20-22-34(23-21-33)42-29-36(40-2)30-43-45(38,39)44-35-19-17-18-32(27-35)28-37-24-26-46-31-37/h17-24,26-27,31,36H,3-16,25,28-30H2,1-2H3/p+1/t36-/m1/s1. The summed E-state index contributed by atoms with van der Waals surface area (Å²) < 4.78 is 29.6. The molecule has 0 bridgehead atoms. The van der Waals surface area contributed by atoms with Crippen molar-refractivity contribution in [3.8, 4) is 17.2 Å². The average molecular weight is 677 g/mol. The summed E-state index contributed by atoms with van der Waals surface area (Å²) in [5.74, 6) is 1.72. The Labute approximate surface area is 281 Å². The van der Waals surface area contributed by atoms with E-state index >= 15 is 0 Å². The van der Waals surface area contributed by atoms with Crippen LogP contribution >= 0.6 is 19.5 Å². The highest BCUT2D eigenvalue weighted by molar-refractivity contribution is 7.53. The molecular formula is C36H55NO7PS+. The van der Waals surface area contributed by atoms with Crippen molar-refractivity contribution in [2.75, 3.05) is 26.9 Å². The van der Waals surface area contributed by atoms with Gasteiger partial charge >= 0.3 is 8.17 Å². The van der Waals surface area contributed by atoms with Crippen molar-refractivity contribution in [3.05, 3.63) is 71.2 Å². The zero-order valence-corrected chi connectivity index (χ0v) is 29.6. The summed E-state index contributed by atoms with van der Waals surface area (Å²) >= 11 is 1.60. The molecule has 0 radical (unpaired) electrons. The molecule has 1 N–H and O–H groups in total. The van der Waals surface area contributed by atoms with Gasteiger partial charge in [-0.2, -0.15) is 14.0 Å². The Kier molecular flexibility index (Phi) is 19.2. The molecule has 1 unspecified atom stereocenters. The molecular weight excluding hydrogens is 621 g/mol. The summed E-state index contributed by atoms with van der Waals surface area (Å²) in [5, 5.41) is 1.98. The average Bonchev–Trinajstić information content (AvgIpc) is 3.56. The maximum absolute atomic E-state index is 12.6. The predicted octanol–water partition coefficient (Wildman–Crippen LogP) is 8.46. The Bertz CT molecular complexity index is 1160. The van der Waals surface area contributed by atoms with E-state index in [1.54, 1.807) is 29.5 Å². The van der Waals surface area contributed by atoms with Gasteiger partial charge in [0.2, 0.25) is 5.51 Å². The molecule has 8 nitrogen and oxygen atoms in total. The fourth-order valence-electron chi connectivity index (χ4n) is 5.09. The van der Waals surface area contributed by atoms with Gasteiger partial charge in [0, 0.05) is 12.7 Å². The number of aromatic nitrogens is 1. The third-order valence-electron chi connectivity index (χ3n) is 7.79. The highest BCUT2D eigenvalue weighted by Gasteiger charge is 2.31. The zero-order valence-electron chi connectivity index (χ0n) is 27.9. The van der Waals surface area contributed by atoms with Gasteiger partial charge in [0.1, 0.15) is 30.8 Å². The van der Waals surface area contributed by atoms with Crippen LogP contribution in [0.2, 0.25) is 0 Å². The Morgan fingerprint density at radius 3 is 1.98 bits per heavy atom. The Morgan fingerprint density at radius 2 is 1.39 bits per heavy atom. The number of hydrogen-bond donors (Lipinski definition) is 1. The molecule has 0 fully saturated rings. The van der Waals surface area contributed by atoms with Crippen LogP contribution in [0.15, 0.2) is 65.6 Å². The molecule has 1 aromatic heterocycles. The summed E-state index contributed by atoms with van der Waals surface area (Å²) in [7, 11) is -2.86. The topological polar surface area (TPSA) is 93.3 Å². The van der Waals surface area contributed by atoms with E-state index in [1.807, 2.05) is 52.0 Å². The normalized spacial score (nSPS) is 13.3. The first-order chi connectivity index (χ1) is 22.5. The predicted molar refractivity (Wildman–Crippen MR) is 184 cm³/mol. The van der Waals surface area contributed by atoms with Crippen LogP contribution < -0.4 is 23.5 Å². The van der Waals surface area contributed by atoms with Crippen LogP contribution in [0.5, 0.6) is 17.2 Å². The molecule has 2 aromatic carbocycles. The minimum absolute atomic E-state index is 0.142. The Hall–Kier alpha value is -2.26. The van der Waals surface area contributed by atoms with Crippen molar-refractivity contribution < 1.29 is 37.6 Å². The molecule has 256 valence electrons. The van der Waals surface area contributed by atoms with Crippen LogP contribution in [-0.2, 0) is 15.8 Å². The second kappa shape index (κ2) is 23.1. The molecule has 0 saturated heterocycles. The number of phosphoric ester groups is 1. The van der Waals surface area contributed by atoms with Crippen LogP contribution in [0.1, 0.15) is 102 Å². The van der Waals surface area contributed by atoms with Crippen molar-refractivity contribution in [1.82, 2.24) is 0 Å².